The van der Waals surface area contributed by atoms with E-state index in [0.29, 0.717) is 6.54 Å². The number of thiophene rings is 1. The molecule has 0 radical (unpaired) electrons. The predicted molar refractivity (Wildman–Crippen MR) is 71.7 cm³/mol. The molecular weight excluding hydrogens is 248 g/mol. The van der Waals surface area contributed by atoms with Crippen LogP contribution in [-0.2, 0) is 4.79 Å². The third-order valence-corrected chi connectivity index (χ3v) is 3.95. The normalized spacial score (nSPS) is 15.2. The van der Waals surface area contributed by atoms with E-state index in [0.717, 1.165) is 42.0 Å². The van der Waals surface area contributed by atoms with Crippen molar-refractivity contribution in [3.8, 4) is 0 Å². The van der Waals surface area contributed by atoms with E-state index in [-0.39, 0.29) is 5.91 Å². The van der Waals surface area contributed by atoms with Crippen molar-refractivity contribution in [2.24, 2.45) is 0 Å². The van der Waals surface area contributed by atoms with E-state index in [9.17, 15) is 4.79 Å². The van der Waals surface area contributed by atoms with Crippen LogP contribution in [0.1, 0.15) is 12.8 Å². The van der Waals surface area contributed by atoms with Gasteiger partial charge in [-0.3, -0.25) is 4.79 Å². The third kappa shape index (κ3) is 2.15. The summed E-state index contributed by atoms with van der Waals surface area (Å²) < 4.78 is 0. The van der Waals surface area contributed by atoms with Gasteiger partial charge in [0.15, 0.2) is 0 Å². The molecule has 0 aromatic carbocycles. The lowest BCUT2D eigenvalue weighted by Crippen LogP contribution is -2.33. The summed E-state index contributed by atoms with van der Waals surface area (Å²) in [7, 11) is 0. The number of likely N-dealkylation sites (tertiary alicyclic amines) is 1. The maximum atomic E-state index is 11.9. The lowest BCUT2D eigenvalue weighted by atomic mass is 10.3. The van der Waals surface area contributed by atoms with Crippen LogP contribution in [-0.4, -0.2) is 40.4 Å². The van der Waals surface area contributed by atoms with Gasteiger partial charge in [0.25, 0.3) is 0 Å². The number of nitrogens with one attached hydrogen (secondary N) is 1. The van der Waals surface area contributed by atoms with Gasteiger partial charge in [0.1, 0.15) is 17.0 Å². The van der Waals surface area contributed by atoms with Crippen molar-refractivity contribution in [1.82, 2.24) is 14.9 Å². The van der Waals surface area contributed by atoms with Crippen molar-refractivity contribution in [3.63, 3.8) is 0 Å². The van der Waals surface area contributed by atoms with Gasteiger partial charge >= 0.3 is 0 Å². The summed E-state index contributed by atoms with van der Waals surface area (Å²) in [5.41, 5.74) is 0. The van der Waals surface area contributed by atoms with E-state index in [1.54, 1.807) is 11.3 Å². The molecule has 0 bridgehead atoms. The molecular formula is C12H14N4OS. The average Bonchev–Trinajstić information content (AvgIpc) is 3.05. The number of fused-ring (bicyclic) bond motifs is 1. The molecule has 1 saturated heterocycles. The molecule has 1 fully saturated rings. The Balaban J connectivity index is 1.69. The van der Waals surface area contributed by atoms with Gasteiger partial charge in [-0.25, -0.2) is 9.97 Å². The lowest BCUT2D eigenvalue weighted by molar-refractivity contribution is -0.128. The smallest absolute Gasteiger partial charge is 0.241 e. The molecule has 1 aliphatic rings. The second kappa shape index (κ2) is 4.89. The van der Waals surface area contributed by atoms with E-state index < -0.39 is 0 Å². The molecule has 1 aliphatic heterocycles. The highest BCUT2D eigenvalue weighted by atomic mass is 32.1. The highest BCUT2D eigenvalue weighted by Crippen LogP contribution is 2.23. The molecule has 1 N–H and O–H groups in total. The van der Waals surface area contributed by atoms with Crippen molar-refractivity contribution < 1.29 is 4.79 Å². The monoisotopic (exact) mass is 262 g/mol. The number of hydrogen-bond donors (Lipinski definition) is 1. The second-order valence-electron chi connectivity index (χ2n) is 4.30. The van der Waals surface area contributed by atoms with Crippen molar-refractivity contribution in [2.75, 3.05) is 25.0 Å². The van der Waals surface area contributed by atoms with Crippen LogP contribution in [0, 0.1) is 0 Å². The molecule has 0 unspecified atom stereocenters. The van der Waals surface area contributed by atoms with Crippen molar-refractivity contribution >= 4 is 33.3 Å². The summed E-state index contributed by atoms with van der Waals surface area (Å²) in [6, 6.07) is 1.97. The number of carbonyl (C=O) groups is 1. The minimum absolute atomic E-state index is 0.148. The molecule has 0 saturated carbocycles. The molecule has 3 heterocycles. The summed E-state index contributed by atoms with van der Waals surface area (Å²) >= 11 is 1.57. The molecule has 0 atom stereocenters. The van der Waals surface area contributed by atoms with Crippen LogP contribution in [0.25, 0.3) is 10.2 Å². The minimum Gasteiger partial charge on any atom is -0.360 e. The van der Waals surface area contributed by atoms with Gasteiger partial charge in [-0.05, 0) is 24.3 Å². The van der Waals surface area contributed by atoms with E-state index in [4.69, 9.17) is 0 Å². The molecule has 2 aromatic heterocycles. The van der Waals surface area contributed by atoms with Crippen molar-refractivity contribution in [3.05, 3.63) is 17.8 Å². The second-order valence-corrected chi connectivity index (χ2v) is 5.20. The van der Waals surface area contributed by atoms with Gasteiger partial charge in [0.05, 0.1) is 11.9 Å². The Morgan fingerprint density at radius 2 is 2.22 bits per heavy atom. The zero-order valence-corrected chi connectivity index (χ0v) is 10.7. The van der Waals surface area contributed by atoms with Crippen LogP contribution < -0.4 is 5.32 Å². The van der Waals surface area contributed by atoms with Gasteiger partial charge in [-0.2, -0.15) is 0 Å². The fraction of sp³-hybridized carbons (Fsp3) is 0.417. The first-order valence-corrected chi connectivity index (χ1v) is 6.92. The van der Waals surface area contributed by atoms with E-state index in [1.807, 2.05) is 16.3 Å². The summed E-state index contributed by atoms with van der Waals surface area (Å²) in [5.74, 6) is 0.892. The Bertz CT molecular complexity index is 562. The minimum atomic E-state index is 0.148. The van der Waals surface area contributed by atoms with E-state index in [1.165, 1.54) is 6.33 Å². The largest absolute Gasteiger partial charge is 0.360 e. The molecule has 18 heavy (non-hydrogen) atoms. The number of nitrogens with zero attached hydrogens (tertiary/aromatic N) is 3. The first-order chi connectivity index (χ1) is 8.84. The standard InChI is InChI=1S/C12H14N4OS/c17-10(16-4-1-2-5-16)7-13-11-9-3-6-18-12(9)15-8-14-11/h3,6,8H,1-2,4-5,7H2,(H,13,14,15). The van der Waals surface area contributed by atoms with Crippen LogP contribution in [0.2, 0.25) is 0 Å². The molecule has 0 spiro atoms. The lowest BCUT2D eigenvalue weighted by Gasteiger charge is -2.15. The molecule has 94 valence electrons. The van der Waals surface area contributed by atoms with Crippen LogP contribution >= 0.6 is 11.3 Å². The topological polar surface area (TPSA) is 58.1 Å². The van der Waals surface area contributed by atoms with Gasteiger partial charge < -0.3 is 10.2 Å². The number of anilines is 1. The maximum Gasteiger partial charge on any atom is 0.241 e. The number of rotatable bonds is 3. The summed E-state index contributed by atoms with van der Waals surface area (Å²) in [5, 5.41) is 6.08. The van der Waals surface area contributed by atoms with Crippen molar-refractivity contribution in [2.45, 2.75) is 12.8 Å². The zero-order valence-electron chi connectivity index (χ0n) is 9.93. The Morgan fingerprint density at radius 1 is 1.39 bits per heavy atom. The molecule has 2 aromatic rings. The molecule has 1 amide bonds. The molecule has 0 aliphatic carbocycles. The van der Waals surface area contributed by atoms with E-state index in [2.05, 4.69) is 15.3 Å². The van der Waals surface area contributed by atoms with Gasteiger partial charge in [0.2, 0.25) is 5.91 Å². The van der Waals surface area contributed by atoms with Crippen LogP contribution in [0.15, 0.2) is 17.8 Å². The summed E-state index contributed by atoms with van der Waals surface area (Å²) in [6.45, 7) is 2.08. The van der Waals surface area contributed by atoms with Gasteiger partial charge in [-0.1, -0.05) is 0 Å². The Labute approximate surface area is 109 Å². The summed E-state index contributed by atoms with van der Waals surface area (Å²) in [4.78, 5) is 23.1. The average molecular weight is 262 g/mol. The van der Waals surface area contributed by atoms with Crippen molar-refractivity contribution in [1.29, 1.82) is 0 Å². The fourth-order valence-corrected chi connectivity index (χ4v) is 2.90. The van der Waals surface area contributed by atoms with Crippen LogP contribution in [0.3, 0.4) is 0 Å². The quantitative estimate of drug-likeness (QED) is 0.915. The Morgan fingerprint density at radius 3 is 3.06 bits per heavy atom. The number of aromatic nitrogens is 2. The predicted octanol–water partition coefficient (Wildman–Crippen LogP) is 1.73. The zero-order chi connectivity index (χ0) is 12.4. The first kappa shape index (κ1) is 11.4. The first-order valence-electron chi connectivity index (χ1n) is 6.04. The number of carbonyl (C=O) groups excluding carboxylic acids is 1. The molecule has 6 heteroatoms. The van der Waals surface area contributed by atoms with Crippen LogP contribution in [0.5, 0.6) is 0 Å². The Kier molecular flexibility index (Phi) is 3.10. The van der Waals surface area contributed by atoms with E-state index >= 15 is 0 Å². The van der Waals surface area contributed by atoms with Gasteiger partial charge in [0, 0.05) is 13.1 Å². The van der Waals surface area contributed by atoms with Gasteiger partial charge in [-0.15, -0.1) is 11.3 Å². The number of hydrogen-bond acceptors (Lipinski definition) is 5. The SMILES string of the molecule is O=C(CNc1ncnc2sccc12)N1CCCC1. The maximum absolute atomic E-state index is 11.9. The Hall–Kier alpha value is -1.69. The fourth-order valence-electron chi connectivity index (χ4n) is 2.17. The molecule has 3 rings (SSSR count). The van der Waals surface area contributed by atoms with Crippen LogP contribution in [0.4, 0.5) is 5.82 Å². The summed E-state index contributed by atoms with van der Waals surface area (Å²) in [6.07, 6.45) is 3.77. The highest BCUT2D eigenvalue weighted by Gasteiger charge is 2.17. The highest BCUT2D eigenvalue weighted by molar-refractivity contribution is 7.16. The molecule has 5 nitrogen and oxygen atoms in total. The third-order valence-electron chi connectivity index (χ3n) is 3.13. The number of amides is 1.